The summed E-state index contributed by atoms with van der Waals surface area (Å²) in [6.45, 7) is 9.15. The number of ether oxygens (including phenoxy) is 2. The Hall–Kier alpha value is -1.40. The highest BCUT2D eigenvalue weighted by Gasteiger charge is 2.08. The van der Waals surface area contributed by atoms with Crippen molar-refractivity contribution in [2.45, 2.75) is 90.9 Å². The van der Waals surface area contributed by atoms with Crippen molar-refractivity contribution in [3.63, 3.8) is 0 Å². The Balaban J connectivity index is 0.00000684. The van der Waals surface area contributed by atoms with Crippen molar-refractivity contribution in [3.05, 3.63) is 48.5 Å². The quantitative estimate of drug-likeness (QED) is 0.125. The van der Waals surface area contributed by atoms with Crippen LogP contribution >= 0.6 is 34.0 Å². The van der Waals surface area contributed by atoms with E-state index in [-0.39, 0.29) is 34.0 Å². The molecule has 0 fully saturated rings. The summed E-state index contributed by atoms with van der Waals surface area (Å²) in [5.41, 5.74) is 2.65. The minimum atomic E-state index is 0. The van der Waals surface area contributed by atoms with Gasteiger partial charge in [0.2, 0.25) is 0 Å². The average Bonchev–Trinajstić information content (AvgIpc) is 2.93. The second kappa shape index (κ2) is 23.5. The Morgan fingerprint density at radius 3 is 1.03 bits per heavy atom. The van der Waals surface area contributed by atoms with Gasteiger partial charge in [-0.15, -0.1) is 34.0 Å². The summed E-state index contributed by atoms with van der Waals surface area (Å²) in [5.74, 6) is 1.87. The zero-order valence-corrected chi connectivity index (χ0v) is 27.9. The lowest BCUT2D eigenvalue weighted by Crippen LogP contribution is -2.25. The Bertz CT molecular complexity index is 720. The number of hydrogen-bond acceptors (Lipinski definition) is 4. The van der Waals surface area contributed by atoms with Gasteiger partial charge >= 0.3 is 0 Å². The summed E-state index contributed by atoms with van der Waals surface area (Å²) in [4.78, 5) is 5.10. The van der Waals surface area contributed by atoms with Gasteiger partial charge in [0.05, 0.1) is 14.2 Å². The van der Waals surface area contributed by atoms with Crippen LogP contribution in [0.3, 0.4) is 0 Å². The molecule has 0 bridgehead atoms. The first-order valence-electron chi connectivity index (χ1n) is 14.5. The molecule has 218 valence electrons. The van der Waals surface area contributed by atoms with Crippen LogP contribution in [0.5, 0.6) is 11.5 Å². The summed E-state index contributed by atoms with van der Waals surface area (Å²) in [6, 6.07) is 17.1. The molecule has 0 unspecified atom stereocenters. The van der Waals surface area contributed by atoms with E-state index in [4.69, 9.17) is 9.47 Å². The molecule has 38 heavy (non-hydrogen) atoms. The molecule has 0 atom stereocenters. The van der Waals surface area contributed by atoms with Gasteiger partial charge < -0.3 is 19.3 Å². The van der Waals surface area contributed by atoms with Gasteiger partial charge in [0.1, 0.15) is 11.5 Å². The van der Waals surface area contributed by atoms with Gasteiger partial charge in [-0.25, -0.2) is 0 Å². The molecule has 4 nitrogen and oxygen atoms in total. The molecule has 0 aliphatic rings. The van der Waals surface area contributed by atoms with Crippen LogP contribution in [0.15, 0.2) is 48.5 Å². The number of halogens is 2. The topological polar surface area (TPSA) is 24.9 Å². The second-order valence-electron chi connectivity index (χ2n) is 9.91. The van der Waals surface area contributed by atoms with Crippen molar-refractivity contribution >= 4 is 45.3 Å². The van der Waals surface area contributed by atoms with Crippen LogP contribution in [0.4, 0.5) is 11.4 Å². The predicted molar refractivity (Wildman–Crippen MR) is 178 cm³/mol. The van der Waals surface area contributed by atoms with Crippen LogP contribution in [0.25, 0.3) is 0 Å². The number of methoxy groups -OCH3 is 2. The van der Waals surface area contributed by atoms with Crippen molar-refractivity contribution in [2.24, 2.45) is 0 Å². The summed E-state index contributed by atoms with van der Waals surface area (Å²) in [5, 5.41) is 0. The van der Waals surface area contributed by atoms with Gasteiger partial charge in [-0.1, -0.05) is 65.2 Å². The van der Waals surface area contributed by atoms with Gasteiger partial charge in [0, 0.05) is 37.6 Å². The lowest BCUT2D eigenvalue weighted by atomic mass is 10.1. The molecule has 2 aromatic carbocycles. The zero-order valence-electron chi connectivity index (χ0n) is 24.5. The maximum atomic E-state index is 5.32. The number of rotatable bonds is 21. The Kier molecular flexibility index (Phi) is 22.6. The lowest BCUT2D eigenvalue weighted by molar-refractivity contribution is 0.414. The van der Waals surface area contributed by atoms with E-state index in [9.17, 15) is 0 Å². The molecular formula is C32H54Br2N2O2. The van der Waals surface area contributed by atoms with E-state index in [1.54, 1.807) is 14.2 Å². The molecule has 0 aromatic heterocycles. The molecule has 0 saturated carbocycles. The SMILES string of the molecule is Br.Br.CCCCN(CCCCCCCCCCN(CCCC)c1ccc(OC)cc1)c1ccc(OC)cc1. The van der Waals surface area contributed by atoms with Crippen molar-refractivity contribution in [3.8, 4) is 11.5 Å². The number of unbranched alkanes of at least 4 members (excludes halogenated alkanes) is 9. The third kappa shape index (κ3) is 14.7. The van der Waals surface area contributed by atoms with Crippen LogP contribution in [0, 0.1) is 0 Å². The minimum Gasteiger partial charge on any atom is -0.497 e. The first kappa shape index (κ1) is 36.6. The first-order chi connectivity index (χ1) is 17.7. The zero-order chi connectivity index (χ0) is 25.8. The highest BCUT2D eigenvalue weighted by molar-refractivity contribution is 8.93. The van der Waals surface area contributed by atoms with E-state index in [0.717, 1.165) is 37.7 Å². The van der Waals surface area contributed by atoms with Crippen molar-refractivity contribution in [2.75, 3.05) is 50.2 Å². The fourth-order valence-corrected chi connectivity index (χ4v) is 4.69. The number of nitrogens with zero attached hydrogens (tertiary/aromatic N) is 2. The van der Waals surface area contributed by atoms with E-state index < -0.39 is 0 Å². The van der Waals surface area contributed by atoms with Gasteiger partial charge in [-0.05, 0) is 74.2 Å². The maximum absolute atomic E-state index is 5.32. The normalized spacial score (nSPS) is 10.3. The smallest absolute Gasteiger partial charge is 0.119 e. The molecule has 0 radical (unpaired) electrons. The molecule has 0 aliphatic carbocycles. The maximum Gasteiger partial charge on any atom is 0.119 e. The summed E-state index contributed by atoms with van der Waals surface area (Å²) >= 11 is 0. The number of anilines is 2. The van der Waals surface area contributed by atoms with Crippen LogP contribution < -0.4 is 19.3 Å². The summed E-state index contributed by atoms with van der Waals surface area (Å²) in [7, 11) is 3.46. The third-order valence-corrected chi connectivity index (χ3v) is 7.04. The van der Waals surface area contributed by atoms with Gasteiger partial charge in [-0.2, -0.15) is 0 Å². The van der Waals surface area contributed by atoms with E-state index in [1.165, 1.54) is 88.4 Å². The molecule has 0 spiro atoms. The Morgan fingerprint density at radius 1 is 0.447 bits per heavy atom. The molecule has 2 aromatic rings. The van der Waals surface area contributed by atoms with Crippen molar-refractivity contribution < 1.29 is 9.47 Å². The first-order valence-corrected chi connectivity index (χ1v) is 14.5. The van der Waals surface area contributed by atoms with E-state index in [2.05, 4.69) is 72.2 Å². The van der Waals surface area contributed by atoms with Gasteiger partial charge in [0.25, 0.3) is 0 Å². The Labute approximate surface area is 255 Å². The molecule has 0 N–H and O–H groups in total. The number of benzene rings is 2. The van der Waals surface area contributed by atoms with E-state index >= 15 is 0 Å². The summed E-state index contributed by atoms with van der Waals surface area (Å²) in [6.07, 6.45) is 15.7. The van der Waals surface area contributed by atoms with Crippen LogP contribution in [0.2, 0.25) is 0 Å². The van der Waals surface area contributed by atoms with Crippen LogP contribution in [0.1, 0.15) is 90.9 Å². The van der Waals surface area contributed by atoms with Crippen LogP contribution in [-0.2, 0) is 0 Å². The van der Waals surface area contributed by atoms with E-state index in [1.807, 2.05) is 0 Å². The molecule has 0 aliphatic heterocycles. The molecule has 0 amide bonds. The van der Waals surface area contributed by atoms with Gasteiger partial charge in [0.15, 0.2) is 0 Å². The highest BCUT2D eigenvalue weighted by atomic mass is 79.9. The molecular weight excluding hydrogens is 604 g/mol. The van der Waals surface area contributed by atoms with Crippen molar-refractivity contribution in [1.29, 1.82) is 0 Å². The molecule has 0 heterocycles. The lowest BCUT2D eigenvalue weighted by Gasteiger charge is -2.25. The van der Waals surface area contributed by atoms with Crippen LogP contribution in [-0.4, -0.2) is 40.4 Å². The highest BCUT2D eigenvalue weighted by Crippen LogP contribution is 2.22. The molecule has 6 heteroatoms. The van der Waals surface area contributed by atoms with E-state index in [0.29, 0.717) is 0 Å². The fourth-order valence-electron chi connectivity index (χ4n) is 4.69. The van der Waals surface area contributed by atoms with Crippen molar-refractivity contribution in [1.82, 2.24) is 0 Å². The fraction of sp³-hybridized carbons (Fsp3) is 0.625. The average molecular weight is 659 g/mol. The number of hydrogen-bond donors (Lipinski definition) is 0. The van der Waals surface area contributed by atoms with Gasteiger partial charge in [-0.3, -0.25) is 0 Å². The Morgan fingerprint density at radius 2 is 0.737 bits per heavy atom. The minimum absolute atomic E-state index is 0. The largest absolute Gasteiger partial charge is 0.497 e. The molecule has 0 saturated heterocycles. The third-order valence-electron chi connectivity index (χ3n) is 7.04. The predicted octanol–water partition coefficient (Wildman–Crippen LogP) is 9.89. The monoisotopic (exact) mass is 656 g/mol. The standard InChI is InChI=1S/C32H52N2O2.2BrH/c1-5-7-25-33(29-17-21-31(35-3)22-18-29)27-15-13-11-9-10-12-14-16-28-34(26-8-6-2)30-19-23-32(36-4)24-20-30;;/h17-24H,5-16,25-28H2,1-4H3;2*1H. The summed E-state index contributed by atoms with van der Waals surface area (Å²) < 4.78 is 10.6. The molecule has 2 rings (SSSR count). The second-order valence-corrected chi connectivity index (χ2v) is 9.91.